The van der Waals surface area contributed by atoms with E-state index in [1.54, 1.807) is 103 Å². The number of rotatable bonds is 14. The van der Waals surface area contributed by atoms with Gasteiger partial charge in [-0.1, -0.05) is 120 Å². The fourth-order valence-corrected chi connectivity index (χ4v) is 13.8. The number of aliphatic hydroxyl groups excluding tert-OH is 1. The molecule has 7 rings (SSSR count). The molecule has 2 N–H and O–H groups in total. The summed E-state index contributed by atoms with van der Waals surface area (Å²) in [4.78, 5) is 41.6. The highest BCUT2D eigenvalue weighted by molar-refractivity contribution is 6.73. The molecule has 19 heteroatoms. The Balaban J connectivity index is 1.34. The number of esters is 2. The lowest BCUT2D eigenvalue weighted by atomic mass is 9.95. The molecule has 15 nitrogen and oxygen atoms in total. The number of ether oxygens (including phenoxy) is 8. The number of aliphatic hydroxyl groups is 1. The van der Waals surface area contributed by atoms with Crippen LogP contribution >= 0.6 is 0 Å². The Hall–Kier alpha value is -5.38. The predicted molar refractivity (Wildman–Crippen MR) is 243 cm³/mol. The summed E-state index contributed by atoms with van der Waals surface area (Å²) in [7, 11) is -1.93. The van der Waals surface area contributed by atoms with Gasteiger partial charge in [-0.05, 0) is 47.5 Å². The van der Waals surface area contributed by atoms with Crippen molar-refractivity contribution in [3.8, 4) is 11.5 Å². The van der Waals surface area contributed by atoms with Crippen molar-refractivity contribution in [3.63, 3.8) is 0 Å². The first-order valence-corrected chi connectivity index (χ1v) is 24.3. The van der Waals surface area contributed by atoms with Crippen molar-refractivity contribution in [3.05, 3.63) is 132 Å². The third kappa shape index (κ3) is 11.8. The zero-order chi connectivity index (χ0) is 49.7. The molecule has 69 heavy (non-hydrogen) atoms. The molecule has 372 valence electrons. The highest BCUT2D eigenvalue weighted by Gasteiger charge is 2.66. The van der Waals surface area contributed by atoms with Gasteiger partial charge in [-0.3, -0.25) is 4.79 Å². The molecule has 1 amide bonds. The van der Waals surface area contributed by atoms with Crippen molar-refractivity contribution in [1.29, 1.82) is 0 Å². The molecular weight excluding hydrogens is 924 g/mol. The summed E-state index contributed by atoms with van der Waals surface area (Å²) in [5.74, 6) is -3.66. The maximum absolute atomic E-state index is 14.6. The van der Waals surface area contributed by atoms with Gasteiger partial charge in [0.25, 0.3) is 0 Å². The number of methoxy groups -OCH3 is 1. The first-order chi connectivity index (χ1) is 32.7. The molecule has 0 aromatic heterocycles. The molecule has 3 aliphatic rings. The minimum atomic E-state index is -5.42. The predicted octanol–water partition coefficient (Wildman–Crippen LogP) is 7.33. The summed E-state index contributed by atoms with van der Waals surface area (Å²) in [5.41, 5.74) is 1.33. The van der Waals surface area contributed by atoms with Gasteiger partial charge in [0.15, 0.2) is 18.5 Å². The molecule has 3 aliphatic heterocycles. The minimum Gasteiger partial charge on any atom is -0.497 e. The van der Waals surface area contributed by atoms with Crippen LogP contribution in [0.5, 0.6) is 11.5 Å². The fraction of sp³-hybridized carbons (Fsp3) is 0.460. The highest BCUT2D eigenvalue weighted by Crippen LogP contribution is 2.55. The Labute approximate surface area is 399 Å². The number of fused-ring (bicyclic) bond motifs is 1. The highest BCUT2D eigenvalue weighted by atomic mass is 28.4. The van der Waals surface area contributed by atoms with Crippen molar-refractivity contribution in [2.24, 2.45) is 0 Å². The lowest BCUT2D eigenvalue weighted by Crippen LogP contribution is -2.74. The number of carbonyl (C=O) groups is 3. The third-order valence-corrected chi connectivity index (χ3v) is 17.2. The zero-order valence-electron chi connectivity index (χ0n) is 39.3. The molecule has 10 atom stereocenters. The smallest absolute Gasteiger partial charge is 0.471 e. The molecule has 0 radical (unpaired) electrons. The summed E-state index contributed by atoms with van der Waals surface area (Å²) in [6.45, 7) is 10.8. The maximum atomic E-state index is 14.6. The van der Waals surface area contributed by atoms with Crippen LogP contribution in [0.3, 0.4) is 0 Å². The topological polar surface area (TPSA) is 176 Å². The van der Waals surface area contributed by atoms with Crippen LogP contribution in [0.15, 0.2) is 115 Å². The first kappa shape index (κ1) is 51.5. The summed E-state index contributed by atoms with van der Waals surface area (Å²) in [6, 6.07) is 29.8. The van der Waals surface area contributed by atoms with Gasteiger partial charge in [-0.2, -0.15) is 13.2 Å². The third-order valence-electron chi connectivity index (χ3n) is 12.0. The average molecular weight is 982 g/mol. The molecule has 0 spiro atoms. The Morgan fingerprint density at radius 2 is 1.29 bits per heavy atom. The fourth-order valence-electron chi connectivity index (χ4n) is 8.89. The molecule has 3 saturated heterocycles. The number of alkyl halides is 3. The standard InChI is InChI=1S/C50H58F3NO14Si/c1-48(2,3)69(49(4,5)6)62-29-35-38(68-69)37(55)36(54-47(58)50(51,52)53)45(64-35)66-40-39(60-27-30-17-11-8-12-18-30)42(65-43(56)32-21-15-10-16-22-32)46(63-34-25-23-33(59-7)24-26-34)67-41(40)44(57)61-28-31-19-13-9-14-20-31/h8-26,35-42,45-46,55H,27-29H2,1-7H3,(H,54,58)/t35-,36-,37-,38+,39+,40+,41+,42-,45+,46-/m1/s1. The molecule has 4 aromatic rings. The lowest BCUT2D eigenvalue weighted by molar-refractivity contribution is -0.340. The van der Waals surface area contributed by atoms with Gasteiger partial charge in [0.05, 0.1) is 25.9 Å². The number of nitrogens with one attached hydrogen (secondary N) is 1. The van der Waals surface area contributed by atoms with E-state index in [1.165, 1.54) is 19.2 Å². The zero-order valence-corrected chi connectivity index (χ0v) is 40.3. The number of benzene rings is 4. The Bertz CT molecular complexity index is 2320. The van der Waals surface area contributed by atoms with Crippen molar-refractivity contribution in [2.75, 3.05) is 13.7 Å². The van der Waals surface area contributed by atoms with Crippen molar-refractivity contribution in [1.82, 2.24) is 5.32 Å². The second-order valence-electron chi connectivity index (χ2n) is 19.0. The van der Waals surface area contributed by atoms with Gasteiger partial charge >= 0.3 is 32.6 Å². The van der Waals surface area contributed by atoms with E-state index in [0.717, 1.165) is 0 Å². The van der Waals surface area contributed by atoms with E-state index >= 15 is 0 Å². The number of hydrogen-bond donors (Lipinski definition) is 2. The summed E-state index contributed by atoms with van der Waals surface area (Å²) < 4.78 is 106. The van der Waals surface area contributed by atoms with Gasteiger partial charge in [0.2, 0.25) is 6.29 Å². The number of carbonyl (C=O) groups excluding carboxylic acids is 3. The Kier molecular flexibility index (Phi) is 15.9. The molecule has 3 fully saturated rings. The van der Waals surface area contributed by atoms with E-state index in [0.29, 0.717) is 16.9 Å². The maximum Gasteiger partial charge on any atom is 0.471 e. The van der Waals surface area contributed by atoms with Crippen LogP contribution in [0.4, 0.5) is 13.2 Å². The molecule has 0 bridgehead atoms. The van der Waals surface area contributed by atoms with Crippen LogP contribution in [0, 0.1) is 0 Å². The normalized spacial score (nSPS) is 27.0. The monoisotopic (exact) mass is 981 g/mol. The number of hydrogen-bond acceptors (Lipinski definition) is 14. The molecule has 0 aliphatic carbocycles. The van der Waals surface area contributed by atoms with Crippen molar-refractivity contribution < 1.29 is 79.4 Å². The molecular formula is C50H58F3NO14Si. The largest absolute Gasteiger partial charge is 0.497 e. The second-order valence-corrected chi connectivity index (χ2v) is 23.7. The number of halogens is 3. The Morgan fingerprint density at radius 1 is 0.725 bits per heavy atom. The van der Waals surface area contributed by atoms with E-state index < -0.39 is 104 Å². The summed E-state index contributed by atoms with van der Waals surface area (Å²) >= 11 is 0. The summed E-state index contributed by atoms with van der Waals surface area (Å²) in [5, 5.41) is 12.9. The quantitative estimate of drug-likeness (QED) is 0.0949. The lowest BCUT2D eigenvalue weighted by Gasteiger charge is -2.58. The van der Waals surface area contributed by atoms with Crippen LogP contribution in [-0.2, 0) is 60.1 Å². The van der Waals surface area contributed by atoms with Crippen molar-refractivity contribution >= 4 is 26.4 Å². The Morgan fingerprint density at radius 3 is 1.86 bits per heavy atom. The molecule has 0 unspecified atom stereocenters. The minimum absolute atomic E-state index is 0.117. The van der Waals surface area contributed by atoms with Gasteiger partial charge < -0.3 is 57.2 Å². The van der Waals surface area contributed by atoms with E-state index in [1.807, 2.05) is 46.9 Å². The van der Waals surface area contributed by atoms with E-state index in [4.69, 9.17) is 46.7 Å². The SMILES string of the molecule is COc1ccc(O[C@@H]2O[C@H](C(=O)OCc3ccccc3)[C@@H](O[C@@H]3O[C@@H]4CO[Si](C(C)(C)C)(C(C)(C)C)O[C@@H]4[C@H](O)[C@H]3NC(=O)C(F)(F)F)[C@H](OCc3ccccc3)[C@H]2OC(=O)c2ccccc2)cc1. The second kappa shape index (κ2) is 21.3. The first-order valence-electron chi connectivity index (χ1n) is 22.5. The molecule has 0 saturated carbocycles. The summed E-state index contributed by atoms with van der Waals surface area (Å²) in [6.07, 6.45) is -20.4. The van der Waals surface area contributed by atoms with Crippen molar-refractivity contribution in [2.45, 2.75) is 132 Å². The van der Waals surface area contributed by atoms with Gasteiger partial charge in [-0.25, -0.2) is 9.59 Å². The molecule has 3 heterocycles. The van der Waals surface area contributed by atoms with Crippen LogP contribution < -0.4 is 14.8 Å². The van der Waals surface area contributed by atoms with Crippen LogP contribution in [0.1, 0.15) is 63.0 Å². The van der Waals surface area contributed by atoms with Gasteiger partial charge in [0.1, 0.15) is 54.7 Å². The van der Waals surface area contributed by atoms with E-state index in [9.17, 15) is 32.7 Å². The van der Waals surface area contributed by atoms with Crippen LogP contribution in [0.2, 0.25) is 10.1 Å². The number of amides is 1. The van der Waals surface area contributed by atoms with Gasteiger partial charge in [0, 0.05) is 10.1 Å². The van der Waals surface area contributed by atoms with E-state index in [-0.39, 0.29) is 31.1 Å². The van der Waals surface area contributed by atoms with Crippen LogP contribution in [-0.4, -0.2) is 113 Å². The van der Waals surface area contributed by atoms with Gasteiger partial charge in [-0.15, -0.1) is 0 Å². The average Bonchev–Trinajstić information content (AvgIpc) is 3.32. The van der Waals surface area contributed by atoms with Crippen LogP contribution in [0.25, 0.3) is 0 Å². The molecule has 4 aromatic carbocycles. The van der Waals surface area contributed by atoms with E-state index in [2.05, 4.69) is 0 Å².